The largest absolute Gasteiger partial charge is 0.280 e. The lowest BCUT2D eigenvalue weighted by molar-refractivity contribution is 0.117. The van der Waals surface area contributed by atoms with Crippen molar-refractivity contribution in [3.63, 3.8) is 0 Å². The Balaban J connectivity index is 2.83. The first-order chi connectivity index (χ1) is 5.76. The standard InChI is InChI=1S/C10H17FN2/c1-9(2,3)13-7-10(4,11)5-8(13)6-12/h8H,5,7H2,1-4H3. The van der Waals surface area contributed by atoms with Crippen LogP contribution in [-0.2, 0) is 0 Å². The van der Waals surface area contributed by atoms with Crippen molar-refractivity contribution in [1.29, 1.82) is 5.26 Å². The van der Waals surface area contributed by atoms with Gasteiger partial charge in [-0.15, -0.1) is 0 Å². The molecule has 0 aromatic rings. The van der Waals surface area contributed by atoms with Crippen LogP contribution in [0.1, 0.15) is 34.1 Å². The van der Waals surface area contributed by atoms with Crippen molar-refractivity contribution in [3.05, 3.63) is 0 Å². The second kappa shape index (κ2) is 2.95. The molecule has 0 radical (unpaired) electrons. The van der Waals surface area contributed by atoms with Crippen LogP contribution in [0.5, 0.6) is 0 Å². The van der Waals surface area contributed by atoms with E-state index in [4.69, 9.17) is 5.26 Å². The van der Waals surface area contributed by atoms with E-state index in [1.807, 2.05) is 25.7 Å². The van der Waals surface area contributed by atoms with Gasteiger partial charge in [-0.3, -0.25) is 4.90 Å². The summed E-state index contributed by atoms with van der Waals surface area (Å²) in [4.78, 5) is 1.94. The van der Waals surface area contributed by atoms with E-state index in [9.17, 15) is 4.39 Å². The molecular weight excluding hydrogens is 167 g/mol. The molecule has 0 aliphatic carbocycles. The van der Waals surface area contributed by atoms with Crippen molar-refractivity contribution in [3.8, 4) is 6.07 Å². The van der Waals surface area contributed by atoms with Gasteiger partial charge in [-0.05, 0) is 27.7 Å². The van der Waals surface area contributed by atoms with E-state index in [-0.39, 0.29) is 11.6 Å². The molecule has 1 heterocycles. The van der Waals surface area contributed by atoms with Gasteiger partial charge in [0.2, 0.25) is 0 Å². The van der Waals surface area contributed by atoms with Gasteiger partial charge in [-0.25, -0.2) is 4.39 Å². The highest BCUT2D eigenvalue weighted by Crippen LogP contribution is 2.34. The lowest BCUT2D eigenvalue weighted by Crippen LogP contribution is -2.44. The number of halogens is 1. The number of alkyl halides is 1. The van der Waals surface area contributed by atoms with Gasteiger partial charge >= 0.3 is 0 Å². The molecule has 1 aliphatic rings. The summed E-state index contributed by atoms with van der Waals surface area (Å²) in [5, 5.41) is 8.87. The van der Waals surface area contributed by atoms with Crippen LogP contribution in [0.15, 0.2) is 0 Å². The second-order valence-corrected chi connectivity index (χ2v) is 5.06. The Morgan fingerprint density at radius 3 is 2.38 bits per heavy atom. The SMILES string of the molecule is CC1(F)CC(C#N)N(C(C)(C)C)C1. The summed E-state index contributed by atoms with van der Waals surface area (Å²) in [6.07, 6.45) is 0.334. The van der Waals surface area contributed by atoms with Crippen LogP contribution in [0.25, 0.3) is 0 Å². The van der Waals surface area contributed by atoms with Crippen molar-refractivity contribution < 1.29 is 4.39 Å². The van der Waals surface area contributed by atoms with Crippen LogP contribution >= 0.6 is 0 Å². The summed E-state index contributed by atoms with van der Waals surface area (Å²) >= 11 is 0. The van der Waals surface area contributed by atoms with Crippen LogP contribution in [0.4, 0.5) is 4.39 Å². The Bertz CT molecular complexity index is 234. The fraction of sp³-hybridized carbons (Fsp3) is 0.900. The summed E-state index contributed by atoms with van der Waals surface area (Å²) in [5.74, 6) is 0. The predicted octanol–water partition coefficient (Wildman–Crippen LogP) is 2.11. The molecule has 0 amide bonds. The lowest BCUT2D eigenvalue weighted by Gasteiger charge is -2.34. The van der Waals surface area contributed by atoms with Crippen LogP contribution in [0, 0.1) is 11.3 Å². The van der Waals surface area contributed by atoms with E-state index in [0.717, 1.165) is 0 Å². The van der Waals surface area contributed by atoms with Crippen LogP contribution < -0.4 is 0 Å². The molecule has 0 spiro atoms. The van der Waals surface area contributed by atoms with Crippen molar-refractivity contribution in [2.24, 2.45) is 0 Å². The molecule has 0 N–H and O–H groups in total. The first-order valence-corrected chi connectivity index (χ1v) is 4.61. The summed E-state index contributed by atoms with van der Waals surface area (Å²) in [6.45, 7) is 7.98. The van der Waals surface area contributed by atoms with Crippen molar-refractivity contribution in [1.82, 2.24) is 4.90 Å². The maximum atomic E-state index is 13.6. The van der Waals surface area contributed by atoms with Gasteiger partial charge in [0.1, 0.15) is 11.7 Å². The van der Waals surface area contributed by atoms with Crippen molar-refractivity contribution in [2.45, 2.75) is 51.4 Å². The lowest BCUT2D eigenvalue weighted by atomic mass is 10.1. The van der Waals surface area contributed by atoms with Crippen LogP contribution in [0.2, 0.25) is 0 Å². The van der Waals surface area contributed by atoms with Crippen LogP contribution in [0.3, 0.4) is 0 Å². The smallest absolute Gasteiger partial charge is 0.123 e. The first-order valence-electron chi connectivity index (χ1n) is 4.61. The molecule has 0 aromatic carbocycles. The highest BCUT2D eigenvalue weighted by molar-refractivity contribution is 5.07. The minimum Gasteiger partial charge on any atom is -0.280 e. The normalized spacial score (nSPS) is 36.2. The zero-order chi connectivity index (χ0) is 10.3. The van der Waals surface area contributed by atoms with Gasteiger partial charge in [0.05, 0.1) is 6.07 Å². The number of nitrogens with zero attached hydrogens (tertiary/aromatic N) is 2. The average Bonchev–Trinajstić information content (AvgIpc) is 2.24. The van der Waals surface area contributed by atoms with E-state index >= 15 is 0 Å². The molecule has 0 bridgehead atoms. The number of likely N-dealkylation sites (tertiary alicyclic amines) is 1. The molecule has 0 saturated carbocycles. The Labute approximate surface area is 79.3 Å². The van der Waals surface area contributed by atoms with Gasteiger partial charge in [-0.1, -0.05) is 0 Å². The fourth-order valence-electron chi connectivity index (χ4n) is 1.86. The number of hydrogen-bond donors (Lipinski definition) is 0. The summed E-state index contributed by atoms with van der Waals surface area (Å²) in [5.41, 5.74) is -1.32. The molecule has 0 aromatic heterocycles. The molecule has 2 unspecified atom stereocenters. The van der Waals surface area contributed by atoms with Gasteiger partial charge in [0.15, 0.2) is 0 Å². The number of rotatable bonds is 0. The van der Waals surface area contributed by atoms with Gasteiger partial charge in [0.25, 0.3) is 0 Å². The molecule has 1 aliphatic heterocycles. The molecule has 13 heavy (non-hydrogen) atoms. The monoisotopic (exact) mass is 184 g/mol. The predicted molar refractivity (Wildman–Crippen MR) is 50.0 cm³/mol. The van der Waals surface area contributed by atoms with E-state index < -0.39 is 5.67 Å². The molecule has 74 valence electrons. The zero-order valence-electron chi connectivity index (χ0n) is 8.76. The summed E-state index contributed by atoms with van der Waals surface area (Å²) < 4.78 is 13.6. The molecule has 3 heteroatoms. The molecule has 2 atom stereocenters. The number of nitriles is 1. The Morgan fingerprint density at radius 1 is 1.54 bits per heavy atom. The van der Waals surface area contributed by atoms with Crippen molar-refractivity contribution in [2.75, 3.05) is 6.54 Å². The van der Waals surface area contributed by atoms with Gasteiger partial charge in [0, 0.05) is 18.5 Å². The summed E-state index contributed by atoms with van der Waals surface area (Å²) in [7, 11) is 0. The minimum atomic E-state index is -1.20. The van der Waals surface area contributed by atoms with E-state index in [1.165, 1.54) is 0 Å². The topological polar surface area (TPSA) is 27.0 Å². The summed E-state index contributed by atoms with van der Waals surface area (Å²) in [6, 6.07) is 1.89. The second-order valence-electron chi connectivity index (χ2n) is 5.06. The maximum absolute atomic E-state index is 13.6. The third kappa shape index (κ3) is 2.19. The van der Waals surface area contributed by atoms with Gasteiger partial charge in [-0.2, -0.15) is 5.26 Å². The van der Waals surface area contributed by atoms with E-state index in [2.05, 4.69) is 6.07 Å². The van der Waals surface area contributed by atoms with Gasteiger partial charge < -0.3 is 0 Å². The van der Waals surface area contributed by atoms with E-state index in [0.29, 0.717) is 13.0 Å². The number of hydrogen-bond acceptors (Lipinski definition) is 2. The molecular formula is C10H17FN2. The fourth-order valence-corrected chi connectivity index (χ4v) is 1.86. The van der Waals surface area contributed by atoms with E-state index in [1.54, 1.807) is 6.92 Å². The molecule has 2 nitrogen and oxygen atoms in total. The zero-order valence-corrected chi connectivity index (χ0v) is 8.76. The van der Waals surface area contributed by atoms with Crippen LogP contribution in [-0.4, -0.2) is 28.7 Å². The molecule has 1 rings (SSSR count). The third-order valence-corrected chi connectivity index (χ3v) is 2.51. The molecule has 1 fully saturated rings. The minimum absolute atomic E-state index is 0.121. The molecule has 1 saturated heterocycles. The third-order valence-electron chi connectivity index (χ3n) is 2.51. The Morgan fingerprint density at radius 2 is 2.08 bits per heavy atom. The Kier molecular flexibility index (Phi) is 2.38. The highest BCUT2D eigenvalue weighted by atomic mass is 19.1. The first kappa shape index (κ1) is 10.5. The Hall–Kier alpha value is -0.620. The quantitative estimate of drug-likeness (QED) is 0.576. The highest BCUT2D eigenvalue weighted by Gasteiger charge is 2.45. The van der Waals surface area contributed by atoms with Crippen molar-refractivity contribution >= 4 is 0 Å². The average molecular weight is 184 g/mol. The maximum Gasteiger partial charge on any atom is 0.123 e.